The molecule has 0 saturated carbocycles. The summed E-state index contributed by atoms with van der Waals surface area (Å²) in [5.74, 6) is 1.77. The second-order valence-electron chi connectivity index (χ2n) is 5.59. The third kappa shape index (κ3) is 2.61. The third-order valence-corrected chi connectivity index (χ3v) is 4.94. The van der Waals surface area contributed by atoms with Crippen molar-refractivity contribution >= 4 is 26.5 Å². The normalized spacial score (nSPS) is 11.2. The minimum atomic E-state index is 0.746. The van der Waals surface area contributed by atoms with Gasteiger partial charge in [0.2, 0.25) is 0 Å². The number of thiazole rings is 1. The van der Waals surface area contributed by atoms with Crippen LogP contribution in [0.3, 0.4) is 0 Å². The van der Waals surface area contributed by atoms with Crippen LogP contribution in [0.25, 0.3) is 26.4 Å². The van der Waals surface area contributed by atoms with Crippen LogP contribution in [0.4, 0.5) is 0 Å². The molecule has 4 nitrogen and oxygen atoms in total. The molecule has 24 heavy (non-hydrogen) atoms. The molecule has 0 aliphatic rings. The molecule has 122 valence electrons. The molecule has 0 aliphatic heterocycles. The number of rotatable bonds is 5. The molecule has 0 unspecified atom stereocenters. The van der Waals surface area contributed by atoms with E-state index in [-0.39, 0.29) is 0 Å². The Balaban J connectivity index is 1.72. The molecular formula is C19H18N2O2S. The maximum atomic E-state index is 5.72. The lowest BCUT2D eigenvalue weighted by Gasteiger charge is -2.03. The van der Waals surface area contributed by atoms with Gasteiger partial charge in [0.25, 0.3) is 0 Å². The van der Waals surface area contributed by atoms with Gasteiger partial charge >= 0.3 is 0 Å². The lowest BCUT2D eigenvalue weighted by molar-refractivity contribution is 0.318. The predicted octanol–water partition coefficient (Wildman–Crippen LogP) is 5.01. The van der Waals surface area contributed by atoms with E-state index in [0.717, 1.165) is 46.3 Å². The fourth-order valence-corrected chi connectivity index (χ4v) is 3.73. The monoisotopic (exact) mass is 338 g/mol. The summed E-state index contributed by atoms with van der Waals surface area (Å²) in [5, 5.41) is 0. The van der Waals surface area contributed by atoms with E-state index in [2.05, 4.69) is 29.7 Å². The van der Waals surface area contributed by atoms with Crippen molar-refractivity contribution in [2.75, 3.05) is 13.7 Å². The average molecular weight is 338 g/mol. The quantitative estimate of drug-likeness (QED) is 0.513. The summed E-state index contributed by atoms with van der Waals surface area (Å²) < 4.78 is 14.3. The lowest BCUT2D eigenvalue weighted by Crippen LogP contribution is -1.94. The van der Waals surface area contributed by atoms with Gasteiger partial charge in [-0.1, -0.05) is 18.3 Å². The molecular weight excluding hydrogens is 320 g/mol. The molecule has 5 heteroatoms. The highest BCUT2D eigenvalue weighted by Crippen LogP contribution is 2.32. The molecule has 2 aromatic heterocycles. The van der Waals surface area contributed by atoms with Crippen LogP contribution in [0.2, 0.25) is 0 Å². The Morgan fingerprint density at radius 3 is 2.62 bits per heavy atom. The van der Waals surface area contributed by atoms with E-state index in [9.17, 15) is 0 Å². The van der Waals surface area contributed by atoms with Crippen LogP contribution in [0.5, 0.6) is 11.5 Å². The van der Waals surface area contributed by atoms with E-state index < -0.39 is 0 Å². The van der Waals surface area contributed by atoms with Crippen molar-refractivity contribution in [1.82, 2.24) is 9.38 Å². The minimum absolute atomic E-state index is 0.746. The summed E-state index contributed by atoms with van der Waals surface area (Å²) in [4.78, 5) is 5.76. The van der Waals surface area contributed by atoms with E-state index in [1.165, 1.54) is 4.70 Å². The van der Waals surface area contributed by atoms with Crippen molar-refractivity contribution in [1.29, 1.82) is 0 Å². The van der Waals surface area contributed by atoms with Crippen LogP contribution < -0.4 is 9.47 Å². The first-order valence-electron chi connectivity index (χ1n) is 7.97. The predicted molar refractivity (Wildman–Crippen MR) is 98.3 cm³/mol. The molecule has 0 N–H and O–H groups in total. The van der Waals surface area contributed by atoms with Crippen molar-refractivity contribution in [2.24, 2.45) is 0 Å². The number of hydrogen-bond donors (Lipinski definition) is 0. The lowest BCUT2D eigenvalue weighted by atomic mass is 10.2. The highest BCUT2D eigenvalue weighted by Gasteiger charge is 2.11. The zero-order valence-corrected chi connectivity index (χ0v) is 14.5. The fraction of sp³-hybridized carbons (Fsp3) is 0.211. The standard InChI is InChI=1S/C19H18N2O2S/c1-3-10-23-15-8-9-17-18(11-15)24-19-20-16(12-21(17)19)13-4-6-14(22-2)7-5-13/h4-9,11-12H,3,10H2,1-2H3. The second kappa shape index (κ2) is 6.17. The Morgan fingerprint density at radius 2 is 1.88 bits per heavy atom. The number of ether oxygens (including phenoxy) is 2. The molecule has 0 aliphatic carbocycles. The smallest absolute Gasteiger partial charge is 0.195 e. The maximum absolute atomic E-state index is 5.72. The molecule has 0 radical (unpaired) electrons. The first-order chi connectivity index (χ1) is 11.8. The van der Waals surface area contributed by atoms with E-state index in [1.54, 1.807) is 18.4 Å². The molecule has 0 fully saturated rings. The molecule has 0 bridgehead atoms. The summed E-state index contributed by atoms with van der Waals surface area (Å²) >= 11 is 1.68. The van der Waals surface area contributed by atoms with Crippen molar-refractivity contribution in [3.8, 4) is 22.8 Å². The first-order valence-corrected chi connectivity index (χ1v) is 8.79. The number of hydrogen-bond acceptors (Lipinski definition) is 4. The van der Waals surface area contributed by atoms with Gasteiger partial charge in [0.1, 0.15) is 11.5 Å². The summed E-state index contributed by atoms with van der Waals surface area (Å²) in [6.45, 7) is 2.86. The van der Waals surface area contributed by atoms with E-state index in [1.807, 2.05) is 30.3 Å². The Morgan fingerprint density at radius 1 is 1.08 bits per heavy atom. The molecule has 0 saturated heterocycles. The average Bonchev–Trinajstić information content (AvgIpc) is 3.17. The van der Waals surface area contributed by atoms with Gasteiger partial charge in [0.05, 0.1) is 29.6 Å². The zero-order chi connectivity index (χ0) is 16.5. The van der Waals surface area contributed by atoms with Crippen LogP contribution in [-0.2, 0) is 0 Å². The van der Waals surface area contributed by atoms with Crippen LogP contribution in [0, 0.1) is 0 Å². The van der Waals surface area contributed by atoms with Gasteiger partial charge in [-0.25, -0.2) is 4.98 Å². The largest absolute Gasteiger partial charge is 0.497 e. The van der Waals surface area contributed by atoms with Crippen molar-refractivity contribution in [3.63, 3.8) is 0 Å². The molecule has 4 aromatic rings. The summed E-state index contributed by atoms with van der Waals surface area (Å²) in [6.07, 6.45) is 3.10. The molecule has 0 atom stereocenters. The van der Waals surface area contributed by atoms with Gasteiger partial charge in [-0.05, 0) is 48.9 Å². The third-order valence-electron chi connectivity index (χ3n) is 3.92. The van der Waals surface area contributed by atoms with Gasteiger partial charge < -0.3 is 9.47 Å². The van der Waals surface area contributed by atoms with Gasteiger partial charge in [-0.3, -0.25) is 4.40 Å². The summed E-state index contributed by atoms with van der Waals surface area (Å²) in [5.41, 5.74) is 3.21. The van der Waals surface area contributed by atoms with Gasteiger partial charge in [0, 0.05) is 11.8 Å². The van der Waals surface area contributed by atoms with Crippen LogP contribution in [0.15, 0.2) is 48.7 Å². The zero-order valence-electron chi connectivity index (χ0n) is 13.7. The number of methoxy groups -OCH3 is 1. The molecule has 0 spiro atoms. The van der Waals surface area contributed by atoms with Gasteiger partial charge in [-0.2, -0.15) is 0 Å². The molecule has 2 heterocycles. The number of benzene rings is 2. The van der Waals surface area contributed by atoms with E-state index in [0.29, 0.717) is 0 Å². The highest BCUT2D eigenvalue weighted by molar-refractivity contribution is 7.23. The summed E-state index contributed by atoms with van der Waals surface area (Å²) in [7, 11) is 1.67. The fourth-order valence-electron chi connectivity index (χ4n) is 2.69. The van der Waals surface area contributed by atoms with Crippen molar-refractivity contribution in [3.05, 3.63) is 48.7 Å². The molecule has 2 aromatic carbocycles. The van der Waals surface area contributed by atoms with E-state index >= 15 is 0 Å². The SMILES string of the molecule is CCCOc1ccc2c(c1)sc1nc(-c3ccc(OC)cc3)cn12. The van der Waals surface area contributed by atoms with Crippen molar-refractivity contribution in [2.45, 2.75) is 13.3 Å². The minimum Gasteiger partial charge on any atom is -0.497 e. The Labute approximate surface area is 144 Å². The topological polar surface area (TPSA) is 35.8 Å². The number of imidazole rings is 1. The maximum Gasteiger partial charge on any atom is 0.195 e. The molecule has 0 amide bonds. The highest BCUT2D eigenvalue weighted by atomic mass is 32.1. The van der Waals surface area contributed by atoms with Gasteiger partial charge in [0.15, 0.2) is 4.96 Å². The Bertz CT molecular complexity index is 986. The number of nitrogens with zero attached hydrogens (tertiary/aromatic N) is 2. The second-order valence-corrected chi connectivity index (χ2v) is 6.60. The van der Waals surface area contributed by atoms with Crippen LogP contribution >= 0.6 is 11.3 Å². The Kier molecular flexibility index (Phi) is 3.86. The van der Waals surface area contributed by atoms with Crippen LogP contribution in [-0.4, -0.2) is 23.1 Å². The van der Waals surface area contributed by atoms with Crippen LogP contribution in [0.1, 0.15) is 13.3 Å². The number of fused-ring (bicyclic) bond motifs is 3. The van der Waals surface area contributed by atoms with Gasteiger partial charge in [-0.15, -0.1) is 0 Å². The number of aromatic nitrogens is 2. The first kappa shape index (κ1) is 15.0. The van der Waals surface area contributed by atoms with Crippen molar-refractivity contribution < 1.29 is 9.47 Å². The van der Waals surface area contributed by atoms with E-state index in [4.69, 9.17) is 14.5 Å². The molecule has 4 rings (SSSR count). The summed E-state index contributed by atoms with van der Waals surface area (Å²) in [6, 6.07) is 14.2. The Hall–Kier alpha value is -2.53.